The summed E-state index contributed by atoms with van der Waals surface area (Å²) >= 11 is 0. The number of para-hydroxylation sites is 1. The predicted molar refractivity (Wildman–Crippen MR) is 67.3 cm³/mol. The molecule has 6 nitrogen and oxygen atoms in total. The van der Waals surface area contributed by atoms with E-state index in [2.05, 4.69) is 20.6 Å². The van der Waals surface area contributed by atoms with Crippen LogP contribution >= 0.6 is 0 Å². The number of carbonyl (C=O) groups excluding carboxylic acids is 1. The molecular weight excluding hydrogens is 232 g/mol. The minimum absolute atomic E-state index is 0.000914. The Balaban J connectivity index is 2.04. The first-order valence-corrected chi connectivity index (χ1v) is 5.90. The van der Waals surface area contributed by atoms with Crippen LogP contribution in [0.1, 0.15) is 18.5 Å². The second kappa shape index (κ2) is 3.99. The molecule has 1 amide bonds. The number of hydrogen-bond donors (Lipinski definition) is 4. The summed E-state index contributed by atoms with van der Waals surface area (Å²) in [5.41, 5.74) is 2.34. The number of aromatic amines is 2. The van der Waals surface area contributed by atoms with Gasteiger partial charge >= 0.3 is 5.69 Å². The van der Waals surface area contributed by atoms with Gasteiger partial charge in [-0.3, -0.25) is 10.1 Å². The molecule has 0 aliphatic carbocycles. The fraction of sp³-hybridized carbons (Fsp3) is 0.333. The Morgan fingerprint density at radius 2 is 2.06 bits per heavy atom. The van der Waals surface area contributed by atoms with Crippen molar-refractivity contribution >= 4 is 16.9 Å². The fourth-order valence-electron chi connectivity index (χ4n) is 2.36. The highest BCUT2D eigenvalue weighted by molar-refractivity contribution is 5.83. The number of H-pyrrole nitrogens is 2. The third-order valence-corrected chi connectivity index (χ3v) is 3.28. The fourth-order valence-corrected chi connectivity index (χ4v) is 2.36. The van der Waals surface area contributed by atoms with Crippen molar-refractivity contribution in [2.24, 2.45) is 0 Å². The van der Waals surface area contributed by atoms with Crippen molar-refractivity contribution in [2.45, 2.75) is 19.0 Å². The number of imidazole rings is 1. The molecule has 1 aromatic carbocycles. The lowest BCUT2D eigenvalue weighted by Gasteiger charge is -2.29. The van der Waals surface area contributed by atoms with Gasteiger partial charge in [0.15, 0.2) is 0 Å². The van der Waals surface area contributed by atoms with Crippen LogP contribution in [-0.2, 0) is 4.79 Å². The van der Waals surface area contributed by atoms with Crippen molar-refractivity contribution in [2.75, 3.05) is 6.54 Å². The van der Waals surface area contributed by atoms with Crippen LogP contribution in [0.15, 0.2) is 23.0 Å². The maximum atomic E-state index is 11.4. The molecule has 1 aliphatic rings. The molecular formula is C12H14N4O2. The molecule has 18 heavy (non-hydrogen) atoms. The van der Waals surface area contributed by atoms with Gasteiger partial charge in [-0.25, -0.2) is 4.79 Å². The number of benzene rings is 1. The first kappa shape index (κ1) is 11.0. The summed E-state index contributed by atoms with van der Waals surface area (Å²) in [7, 11) is 0. The third-order valence-electron chi connectivity index (χ3n) is 3.28. The number of piperazine rings is 1. The van der Waals surface area contributed by atoms with Gasteiger partial charge in [0.05, 0.1) is 23.1 Å². The van der Waals surface area contributed by atoms with E-state index in [1.54, 1.807) is 0 Å². The summed E-state index contributed by atoms with van der Waals surface area (Å²) in [6.45, 7) is 2.34. The van der Waals surface area contributed by atoms with E-state index in [9.17, 15) is 9.59 Å². The van der Waals surface area contributed by atoms with Crippen LogP contribution in [0.25, 0.3) is 11.0 Å². The van der Waals surface area contributed by atoms with Crippen molar-refractivity contribution in [3.63, 3.8) is 0 Å². The Kier molecular flexibility index (Phi) is 2.45. The van der Waals surface area contributed by atoms with Crippen molar-refractivity contribution in [3.8, 4) is 0 Å². The van der Waals surface area contributed by atoms with Crippen LogP contribution in [0.3, 0.4) is 0 Å². The lowest BCUT2D eigenvalue weighted by atomic mass is 10.0. The number of carbonyl (C=O) groups is 1. The standard InChI is InChI=1S/C12H14N4O2/c1-6-11(17)13-5-9(14-6)7-3-2-4-8-10(7)16-12(18)15-8/h2-4,6,9,14H,5H2,1H3,(H,13,17)(H2,15,16,18)/t6-,9?/m0/s1. The molecule has 6 heteroatoms. The van der Waals surface area contributed by atoms with Crippen LogP contribution in [0.5, 0.6) is 0 Å². The molecule has 94 valence electrons. The van der Waals surface area contributed by atoms with Crippen LogP contribution in [0, 0.1) is 0 Å². The van der Waals surface area contributed by atoms with Crippen molar-refractivity contribution in [1.82, 2.24) is 20.6 Å². The largest absolute Gasteiger partial charge is 0.353 e. The first-order valence-electron chi connectivity index (χ1n) is 5.90. The van der Waals surface area contributed by atoms with Gasteiger partial charge in [-0.15, -0.1) is 0 Å². The SMILES string of the molecule is C[C@@H]1NC(c2cccc3[nH]c(=O)[nH]c23)CNC1=O. The average Bonchev–Trinajstić information content (AvgIpc) is 2.72. The summed E-state index contributed by atoms with van der Waals surface area (Å²) < 4.78 is 0. The van der Waals surface area contributed by atoms with E-state index in [1.165, 1.54) is 0 Å². The number of rotatable bonds is 1. The Bertz CT molecular complexity index is 657. The summed E-state index contributed by atoms with van der Waals surface area (Å²) in [5, 5.41) is 6.08. The average molecular weight is 246 g/mol. The van der Waals surface area contributed by atoms with Gasteiger partial charge in [0.25, 0.3) is 0 Å². The lowest BCUT2D eigenvalue weighted by Crippen LogP contribution is -2.52. The van der Waals surface area contributed by atoms with Crippen LogP contribution in [-0.4, -0.2) is 28.5 Å². The molecule has 2 atom stereocenters. The minimum atomic E-state index is -0.232. The van der Waals surface area contributed by atoms with Gasteiger partial charge in [0.1, 0.15) is 0 Å². The number of hydrogen-bond acceptors (Lipinski definition) is 3. The Labute approximate surface area is 103 Å². The van der Waals surface area contributed by atoms with Gasteiger partial charge in [-0.1, -0.05) is 12.1 Å². The molecule has 1 aliphatic heterocycles. The normalized spacial score (nSPS) is 24.2. The second-order valence-electron chi connectivity index (χ2n) is 4.54. The Morgan fingerprint density at radius 1 is 1.22 bits per heavy atom. The maximum Gasteiger partial charge on any atom is 0.323 e. The molecule has 2 heterocycles. The monoisotopic (exact) mass is 246 g/mol. The molecule has 2 aromatic rings. The van der Waals surface area contributed by atoms with E-state index >= 15 is 0 Å². The van der Waals surface area contributed by atoms with E-state index < -0.39 is 0 Å². The quantitative estimate of drug-likeness (QED) is 0.571. The van der Waals surface area contributed by atoms with Gasteiger partial charge in [-0.05, 0) is 18.6 Å². The molecule has 0 spiro atoms. The van der Waals surface area contributed by atoms with Gasteiger partial charge < -0.3 is 15.3 Å². The minimum Gasteiger partial charge on any atom is -0.353 e. The summed E-state index contributed by atoms with van der Waals surface area (Å²) in [6, 6.07) is 5.47. The number of amides is 1. The van der Waals surface area contributed by atoms with E-state index in [4.69, 9.17) is 0 Å². The topological polar surface area (TPSA) is 89.8 Å². The molecule has 0 saturated carbocycles. The molecule has 1 unspecified atom stereocenters. The van der Waals surface area contributed by atoms with Crippen molar-refractivity contribution < 1.29 is 4.79 Å². The number of nitrogens with one attached hydrogen (secondary N) is 4. The zero-order valence-corrected chi connectivity index (χ0v) is 9.91. The number of aromatic nitrogens is 2. The second-order valence-corrected chi connectivity index (χ2v) is 4.54. The zero-order valence-electron chi connectivity index (χ0n) is 9.91. The molecule has 3 rings (SSSR count). The van der Waals surface area contributed by atoms with E-state index in [0.717, 1.165) is 16.6 Å². The Morgan fingerprint density at radius 3 is 2.83 bits per heavy atom. The summed E-state index contributed by atoms with van der Waals surface area (Å²) in [5.74, 6) is 0.000914. The van der Waals surface area contributed by atoms with Gasteiger partial charge in [0.2, 0.25) is 5.91 Å². The summed E-state index contributed by atoms with van der Waals surface area (Å²) in [4.78, 5) is 28.3. The highest BCUT2D eigenvalue weighted by Gasteiger charge is 2.26. The van der Waals surface area contributed by atoms with Crippen molar-refractivity contribution in [1.29, 1.82) is 0 Å². The first-order chi connectivity index (χ1) is 8.65. The molecule has 1 saturated heterocycles. The third kappa shape index (κ3) is 1.70. The molecule has 0 bridgehead atoms. The molecule has 1 fully saturated rings. The molecule has 0 radical (unpaired) electrons. The van der Waals surface area contributed by atoms with E-state index in [-0.39, 0.29) is 23.7 Å². The smallest absolute Gasteiger partial charge is 0.323 e. The Hall–Kier alpha value is -2.08. The summed E-state index contributed by atoms with van der Waals surface area (Å²) in [6.07, 6.45) is 0. The lowest BCUT2D eigenvalue weighted by molar-refractivity contribution is -0.124. The van der Waals surface area contributed by atoms with Crippen molar-refractivity contribution in [3.05, 3.63) is 34.2 Å². The van der Waals surface area contributed by atoms with E-state index in [0.29, 0.717) is 6.54 Å². The highest BCUT2D eigenvalue weighted by atomic mass is 16.2. The highest BCUT2D eigenvalue weighted by Crippen LogP contribution is 2.22. The molecule has 1 aromatic heterocycles. The van der Waals surface area contributed by atoms with E-state index in [1.807, 2.05) is 25.1 Å². The maximum absolute atomic E-state index is 11.4. The van der Waals surface area contributed by atoms with Gasteiger partial charge in [-0.2, -0.15) is 0 Å². The van der Waals surface area contributed by atoms with Crippen LogP contribution < -0.4 is 16.3 Å². The molecule has 4 N–H and O–H groups in total. The van der Waals surface area contributed by atoms with Crippen LogP contribution in [0.4, 0.5) is 0 Å². The zero-order chi connectivity index (χ0) is 12.7. The van der Waals surface area contributed by atoms with Gasteiger partial charge in [0, 0.05) is 6.54 Å². The predicted octanol–water partition coefficient (Wildman–Crippen LogP) is 0.00520. The number of fused-ring (bicyclic) bond motifs is 1. The van der Waals surface area contributed by atoms with Crippen LogP contribution in [0.2, 0.25) is 0 Å².